The lowest BCUT2D eigenvalue weighted by Crippen LogP contribution is -2.30. The summed E-state index contributed by atoms with van der Waals surface area (Å²) in [6, 6.07) is 9.42. The van der Waals surface area contributed by atoms with Crippen molar-refractivity contribution in [3.63, 3.8) is 0 Å². The number of phenols is 2. The van der Waals surface area contributed by atoms with Crippen LogP contribution in [0.5, 0.6) is 17.2 Å². The van der Waals surface area contributed by atoms with E-state index >= 15 is 0 Å². The summed E-state index contributed by atoms with van der Waals surface area (Å²) in [5, 5.41) is 22.9. The maximum Gasteiger partial charge on any atom is 0.157 e. The van der Waals surface area contributed by atoms with Crippen molar-refractivity contribution >= 4 is 0 Å². The zero-order valence-electron chi connectivity index (χ0n) is 12.2. The maximum absolute atomic E-state index is 9.78. The highest BCUT2D eigenvalue weighted by atomic mass is 16.5. The Balaban J connectivity index is 2.05. The first-order chi connectivity index (χ1) is 10.1. The summed E-state index contributed by atoms with van der Waals surface area (Å²) in [6.45, 7) is 2.85. The van der Waals surface area contributed by atoms with E-state index in [4.69, 9.17) is 4.74 Å². The van der Waals surface area contributed by atoms with Crippen LogP contribution < -0.4 is 10.1 Å². The van der Waals surface area contributed by atoms with Gasteiger partial charge in [-0.1, -0.05) is 12.1 Å². The number of aryl methyl sites for hydroxylation is 1. The molecule has 0 saturated carbocycles. The zero-order chi connectivity index (χ0) is 15.0. The van der Waals surface area contributed by atoms with E-state index in [1.165, 1.54) is 0 Å². The molecule has 0 fully saturated rings. The van der Waals surface area contributed by atoms with Crippen LogP contribution in [0.3, 0.4) is 0 Å². The molecule has 1 aliphatic heterocycles. The summed E-state index contributed by atoms with van der Waals surface area (Å²) in [5.74, 6) is 0.733. The van der Waals surface area contributed by atoms with Gasteiger partial charge in [0.05, 0.1) is 13.2 Å². The van der Waals surface area contributed by atoms with Crippen LogP contribution >= 0.6 is 0 Å². The van der Waals surface area contributed by atoms with Gasteiger partial charge in [0.25, 0.3) is 0 Å². The second-order valence-corrected chi connectivity index (χ2v) is 5.41. The van der Waals surface area contributed by atoms with Crippen LogP contribution in [-0.4, -0.2) is 23.9 Å². The van der Waals surface area contributed by atoms with Gasteiger partial charge in [-0.3, -0.25) is 0 Å². The average Bonchev–Trinajstić information content (AvgIpc) is 2.48. The molecule has 1 atom stereocenters. The molecule has 4 heteroatoms. The van der Waals surface area contributed by atoms with Crippen molar-refractivity contribution in [2.24, 2.45) is 0 Å². The lowest BCUT2D eigenvalue weighted by atomic mass is 9.89. The average molecular weight is 285 g/mol. The van der Waals surface area contributed by atoms with Crippen molar-refractivity contribution in [2.45, 2.75) is 19.4 Å². The van der Waals surface area contributed by atoms with Crippen LogP contribution in [-0.2, 0) is 6.42 Å². The van der Waals surface area contributed by atoms with Gasteiger partial charge in [-0.25, -0.2) is 0 Å². The summed E-state index contributed by atoms with van der Waals surface area (Å²) in [6.07, 6.45) is 0.842. The van der Waals surface area contributed by atoms with Gasteiger partial charge in [-0.05, 0) is 53.8 Å². The number of hydrogen-bond acceptors (Lipinski definition) is 4. The second kappa shape index (κ2) is 5.30. The van der Waals surface area contributed by atoms with Crippen LogP contribution in [0, 0.1) is 6.92 Å². The summed E-state index contributed by atoms with van der Waals surface area (Å²) < 4.78 is 5.30. The van der Waals surface area contributed by atoms with Gasteiger partial charge in [0, 0.05) is 6.54 Å². The number of phenolic OH excluding ortho intramolecular Hbond substituents is 2. The minimum absolute atomic E-state index is 0.0184. The van der Waals surface area contributed by atoms with Gasteiger partial charge in [-0.2, -0.15) is 0 Å². The number of hydrogen-bond donors (Lipinski definition) is 3. The fourth-order valence-electron chi connectivity index (χ4n) is 2.96. The largest absolute Gasteiger partial charge is 0.504 e. The van der Waals surface area contributed by atoms with Crippen LogP contribution in [0.25, 0.3) is 0 Å². The minimum atomic E-state index is -0.0762. The lowest BCUT2D eigenvalue weighted by Gasteiger charge is -2.28. The predicted molar refractivity (Wildman–Crippen MR) is 81.1 cm³/mol. The molecule has 21 heavy (non-hydrogen) atoms. The number of benzene rings is 2. The summed E-state index contributed by atoms with van der Waals surface area (Å²) in [5.41, 5.74) is 4.29. The first-order valence-electron chi connectivity index (χ1n) is 7.03. The molecule has 0 aromatic heterocycles. The molecule has 2 aromatic carbocycles. The predicted octanol–water partition coefficient (Wildman–Crippen LogP) is 2.65. The minimum Gasteiger partial charge on any atom is -0.504 e. The van der Waals surface area contributed by atoms with E-state index in [-0.39, 0.29) is 17.5 Å². The Bertz CT molecular complexity index is 682. The molecule has 0 spiro atoms. The van der Waals surface area contributed by atoms with Crippen molar-refractivity contribution in [1.29, 1.82) is 0 Å². The van der Waals surface area contributed by atoms with Crippen LogP contribution in [0.15, 0.2) is 30.3 Å². The molecule has 1 heterocycles. The second-order valence-electron chi connectivity index (χ2n) is 5.41. The maximum atomic E-state index is 9.78. The molecule has 4 nitrogen and oxygen atoms in total. The molecule has 0 bridgehead atoms. The molecule has 110 valence electrons. The summed E-state index contributed by atoms with van der Waals surface area (Å²) in [4.78, 5) is 0. The zero-order valence-corrected chi connectivity index (χ0v) is 12.2. The third-order valence-corrected chi connectivity index (χ3v) is 4.04. The molecule has 1 aliphatic rings. The van der Waals surface area contributed by atoms with Crippen molar-refractivity contribution in [1.82, 2.24) is 5.32 Å². The van der Waals surface area contributed by atoms with Crippen molar-refractivity contribution in [2.75, 3.05) is 13.7 Å². The number of rotatable bonds is 2. The topological polar surface area (TPSA) is 61.7 Å². The van der Waals surface area contributed by atoms with Crippen molar-refractivity contribution in [3.05, 3.63) is 52.6 Å². The number of fused-ring (bicyclic) bond motifs is 1. The molecule has 1 unspecified atom stereocenters. The molecule has 0 saturated heterocycles. The van der Waals surface area contributed by atoms with E-state index in [2.05, 4.69) is 11.4 Å². The fourth-order valence-corrected chi connectivity index (χ4v) is 2.96. The highest BCUT2D eigenvalue weighted by molar-refractivity contribution is 5.51. The first kappa shape index (κ1) is 13.8. The van der Waals surface area contributed by atoms with E-state index in [0.29, 0.717) is 0 Å². The Morgan fingerprint density at radius 3 is 2.62 bits per heavy atom. The van der Waals surface area contributed by atoms with E-state index in [1.807, 2.05) is 19.1 Å². The SMILES string of the molecule is COc1ccc(C2NCCc3cc(O)c(O)cc32)cc1C. The van der Waals surface area contributed by atoms with E-state index < -0.39 is 0 Å². The van der Waals surface area contributed by atoms with E-state index in [9.17, 15) is 10.2 Å². The number of nitrogens with one attached hydrogen (secondary N) is 1. The first-order valence-corrected chi connectivity index (χ1v) is 7.03. The molecule has 0 amide bonds. The van der Waals surface area contributed by atoms with Gasteiger partial charge in [0.15, 0.2) is 11.5 Å². The highest BCUT2D eigenvalue weighted by Crippen LogP contribution is 2.37. The normalized spacial score (nSPS) is 17.3. The molecular formula is C17H19NO3. The van der Waals surface area contributed by atoms with Crippen molar-refractivity contribution in [3.8, 4) is 17.2 Å². The van der Waals surface area contributed by atoms with Gasteiger partial charge >= 0.3 is 0 Å². The van der Waals surface area contributed by atoms with Crippen LogP contribution in [0.1, 0.15) is 28.3 Å². The van der Waals surface area contributed by atoms with Crippen LogP contribution in [0.2, 0.25) is 0 Å². The Morgan fingerprint density at radius 2 is 1.90 bits per heavy atom. The smallest absolute Gasteiger partial charge is 0.157 e. The highest BCUT2D eigenvalue weighted by Gasteiger charge is 2.23. The number of methoxy groups -OCH3 is 1. The lowest BCUT2D eigenvalue weighted by molar-refractivity contribution is 0.400. The Morgan fingerprint density at radius 1 is 1.14 bits per heavy atom. The van der Waals surface area contributed by atoms with Gasteiger partial charge in [-0.15, -0.1) is 0 Å². The van der Waals surface area contributed by atoms with E-state index in [1.54, 1.807) is 19.2 Å². The number of aromatic hydroxyl groups is 2. The molecule has 3 N–H and O–H groups in total. The Hall–Kier alpha value is -2.20. The van der Waals surface area contributed by atoms with E-state index in [0.717, 1.165) is 41.0 Å². The molecule has 0 radical (unpaired) electrons. The molecule has 3 rings (SSSR count). The number of ether oxygens (including phenoxy) is 1. The van der Waals surface area contributed by atoms with Crippen molar-refractivity contribution < 1.29 is 14.9 Å². The van der Waals surface area contributed by atoms with Gasteiger partial charge in [0.1, 0.15) is 5.75 Å². The fraction of sp³-hybridized carbons (Fsp3) is 0.294. The Kier molecular flexibility index (Phi) is 3.47. The third kappa shape index (κ3) is 2.43. The summed E-state index contributed by atoms with van der Waals surface area (Å²) >= 11 is 0. The van der Waals surface area contributed by atoms with Gasteiger partial charge < -0.3 is 20.3 Å². The monoisotopic (exact) mass is 285 g/mol. The molecule has 2 aromatic rings. The third-order valence-electron chi connectivity index (χ3n) is 4.04. The Labute approximate surface area is 124 Å². The summed E-state index contributed by atoms with van der Waals surface area (Å²) in [7, 11) is 1.66. The standard InChI is InChI=1S/C17H19NO3/c1-10-7-12(3-4-16(10)21-2)17-13-9-15(20)14(19)8-11(13)5-6-18-17/h3-4,7-9,17-20H,5-6H2,1-2H3. The van der Waals surface area contributed by atoms with Gasteiger partial charge in [0.2, 0.25) is 0 Å². The van der Waals surface area contributed by atoms with Crippen LogP contribution in [0.4, 0.5) is 0 Å². The molecular weight excluding hydrogens is 266 g/mol. The molecule has 0 aliphatic carbocycles. The quantitative estimate of drug-likeness (QED) is 0.742.